The summed E-state index contributed by atoms with van der Waals surface area (Å²) in [5, 5.41) is 9.88. The van der Waals surface area contributed by atoms with Crippen LogP contribution in [0.2, 0.25) is 0 Å². The van der Waals surface area contributed by atoms with E-state index in [4.69, 9.17) is 4.74 Å². The number of carbonyl (C=O) groups excluding carboxylic acids is 2. The van der Waals surface area contributed by atoms with Crippen LogP contribution < -0.4 is 0 Å². The highest BCUT2D eigenvalue weighted by molar-refractivity contribution is 5.85. The van der Waals surface area contributed by atoms with E-state index in [2.05, 4.69) is 13.8 Å². The van der Waals surface area contributed by atoms with E-state index in [1.165, 1.54) is 57.8 Å². The molecule has 0 fully saturated rings. The lowest BCUT2D eigenvalue weighted by Crippen LogP contribution is -2.18. The minimum Gasteiger partial charge on any atom is -0.393 e. The van der Waals surface area contributed by atoms with E-state index in [-0.39, 0.29) is 12.8 Å². The Kier molecular flexibility index (Phi) is 18.2. The van der Waals surface area contributed by atoms with Crippen LogP contribution in [0.15, 0.2) is 0 Å². The van der Waals surface area contributed by atoms with Crippen molar-refractivity contribution in [3.8, 4) is 0 Å². The molecule has 0 aliphatic carbocycles. The van der Waals surface area contributed by atoms with Gasteiger partial charge in [-0.3, -0.25) is 9.59 Å². The van der Waals surface area contributed by atoms with Crippen molar-refractivity contribution < 1.29 is 19.4 Å². The molecule has 0 aromatic heterocycles. The zero-order chi connectivity index (χ0) is 19.5. The summed E-state index contributed by atoms with van der Waals surface area (Å²) in [6, 6.07) is 0. The molecule has 0 bridgehead atoms. The molecule has 0 aliphatic heterocycles. The van der Waals surface area contributed by atoms with Gasteiger partial charge in [0, 0.05) is 6.42 Å². The SMILES string of the molecule is CCCCCCCCCCCCCC(O)CC(=O)OC(=O)CCCCC. The van der Waals surface area contributed by atoms with E-state index >= 15 is 0 Å². The Hall–Kier alpha value is -0.900. The number of hydrogen-bond donors (Lipinski definition) is 1. The maximum absolute atomic E-state index is 11.6. The second-order valence-corrected chi connectivity index (χ2v) is 7.49. The third-order valence-corrected chi connectivity index (χ3v) is 4.76. The van der Waals surface area contributed by atoms with Gasteiger partial charge in [0.05, 0.1) is 12.5 Å². The van der Waals surface area contributed by atoms with Crippen LogP contribution in [0.5, 0.6) is 0 Å². The van der Waals surface area contributed by atoms with Crippen molar-refractivity contribution in [2.75, 3.05) is 0 Å². The summed E-state index contributed by atoms with van der Waals surface area (Å²) < 4.78 is 4.74. The summed E-state index contributed by atoms with van der Waals surface area (Å²) in [7, 11) is 0. The van der Waals surface area contributed by atoms with Crippen LogP contribution in [0.4, 0.5) is 0 Å². The molecule has 0 heterocycles. The lowest BCUT2D eigenvalue weighted by atomic mass is 10.0. The summed E-state index contributed by atoms with van der Waals surface area (Å²) in [5.74, 6) is -1.06. The summed E-state index contributed by atoms with van der Waals surface area (Å²) in [6.45, 7) is 4.30. The van der Waals surface area contributed by atoms with E-state index in [1.54, 1.807) is 0 Å². The predicted molar refractivity (Wildman–Crippen MR) is 107 cm³/mol. The van der Waals surface area contributed by atoms with Gasteiger partial charge in [-0.05, 0) is 12.8 Å². The van der Waals surface area contributed by atoms with E-state index in [9.17, 15) is 14.7 Å². The van der Waals surface area contributed by atoms with E-state index in [0.717, 1.165) is 32.1 Å². The van der Waals surface area contributed by atoms with Crippen molar-refractivity contribution in [2.45, 2.75) is 129 Å². The molecule has 154 valence electrons. The van der Waals surface area contributed by atoms with Gasteiger partial charge < -0.3 is 9.84 Å². The van der Waals surface area contributed by atoms with Gasteiger partial charge in [0.25, 0.3) is 0 Å². The molecule has 0 radical (unpaired) electrons. The van der Waals surface area contributed by atoms with Gasteiger partial charge in [0.15, 0.2) is 0 Å². The maximum Gasteiger partial charge on any atom is 0.316 e. The molecular formula is C22H42O4. The second-order valence-electron chi connectivity index (χ2n) is 7.49. The smallest absolute Gasteiger partial charge is 0.316 e. The van der Waals surface area contributed by atoms with Gasteiger partial charge in [-0.2, -0.15) is 0 Å². The number of esters is 2. The number of aliphatic hydroxyl groups is 1. The average Bonchev–Trinajstić information content (AvgIpc) is 2.59. The van der Waals surface area contributed by atoms with Gasteiger partial charge in [-0.15, -0.1) is 0 Å². The van der Waals surface area contributed by atoms with Crippen molar-refractivity contribution in [1.29, 1.82) is 0 Å². The standard InChI is InChI=1S/C22H42O4/c1-3-5-7-8-9-10-11-12-13-14-16-17-20(23)19-22(25)26-21(24)18-15-6-4-2/h20,23H,3-19H2,1-2H3. The summed E-state index contributed by atoms with van der Waals surface area (Å²) in [5.41, 5.74) is 0. The molecule has 0 aliphatic rings. The highest BCUT2D eigenvalue weighted by Gasteiger charge is 2.15. The topological polar surface area (TPSA) is 63.6 Å². The minimum atomic E-state index is -0.690. The Morgan fingerprint density at radius 3 is 1.69 bits per heavy atom. The summed E-state index contributed by atoms with van der Waals surface area (Å²) >= 11 is 0. The molecule has 26 heavy (non-hydrogen) atoms. The van der Waals surface area contributed by atoms with E-state index in [1.807, 2.05) is 0 Å². The number of aliphatic hydroxyl groups excluding tert-OH is 1. The average molecular weight is 371 g/mol. The molecular weight excluding hydrogens is 328 g/mol. The first-order valence-corrected chi connectivity index (χ1v) is 11.0. The van der Waals surface area contributed by atoms with Gasteiger partial charge in [0.1, 0.15) is 0 Å². The highest BCUT2D eigenvalue weighted by Crippen LogP contribution is 2.13. The quantitative estimate of drug-likeness (QED) is 0.180. The van der Waals surface area contributed by atoms with Gasteiger partial charge in [-0.25, -0.2) is 0 Å². The van der Waals surface area contributed by atoms with Crippen molar-refractivity contribution in [3.05, 3.63) is 0 Å². The van der Waals surface area contributed by atoms with Crippen LogP contribution in [0.25, 0.3) is 0 Å². The molecule has 4 heteroatoms. The van der Waals surface area contributed by atoms with Crippen LogP contribution in [-0.2, 0) is 14.3 Å². The summed E-state index contributed by atoms with van der Waals surface area (Å²) in [6.07, 6.45) is 16.8. The van der Waals surface area contributed by atoms with E-state index < -0.39 is 18.0 Å². The number of ether oxygens (including phenoxy) is 1. The van der Waals surface area contributed by atoms with Gasteiger partial charge in [0.2, 0.25) is 0 Å². The fraction of sp³-hybridized carbons (Fsp3) is 0.909. The Morgan fingerprint density at radius 2 is 1.15 bits per heavy atom. The number of rotatable bonds is 18. The largest absolute Gasteiger partial charge is 0.393 e. The second kappa shape index (κ2) is 18.9. The molecule has 0 rings (SSSR count). The molecule has 4 nitrogen and oxygen atoms in total. The van der Waals surface area contributed by atoms with Crippen molar-refractivity contribution in [2.24, 2.45) is 0 Å². The van der Waals surface area contributed by atoms with Crippen molar-refractivity contribution in [3.63, 3.8) is 0 Å². The monoisotopic (exact) mass is 370 g/mol. The molecule has 1 unspecified atom stereocenters. The van der Waals surface area contributed by atoms with Crippen LogP contribution in [0.3, 0.4) is 0 Å². The lowest BCUT2D eigenvalue weighted by Gasteiger charge is -2.09. The van der Waals surface area contributed by atoms with Crippen LogP contribution >= 0.6 is 0 Å². The highest BCUT2D eigenvalue weighted by atomic mass is 16.6. The molecule has 0 saturated heterocycles. The molecule has 0 saturated carbocycles. The molecule has 1 atom stereocenters. The van der Waals surface area contributed by atoms with Crippen molar-refractivity contribution >= 4 is 11.9 Å². The van der Waals surface area contributed by atoms with Crippen LogP contribution in [0, 0.1) is 0 Å². The zero-order valence-electron chi connectivity index (χ0n) is 17.3. The molecule has 1 N–H and O–H groups in total. The Labute approximate surface area is 161 Å². The maximum atomic E-state index is 11.6. The van der Waals surface area contributed by atoms with Crippen LogP contribution in [0.1, 0.15) is 123 Å². The normalized spacial score (nSPS) is 12.1. The predicted octanol–water partition coefficient (Wildman–Crippen LogP) is 6.09. The third-order valence-electron chi connectivity index (χ3n) is 4.76. The Morgan fingerprint density at radius 1 is 0.692 bits per heavy atom. The summed E-state index contributed by atoms with van der Waals surface area (Å²) in [4.78, 5) is 23.0. The molecule has 0 amide bonds. The van der Waals surface area contributed by atoms with Crippen LogP contribution in [-0.4, -0.2) is 23.1 Å². The number of hydrogen-bond acceptors (Lipinski definition) is 4. The van der Waals surface area contributed by atoms with Crippen molar-refractivity contribution in [1.82, 2.24) is 0 Å². The molecule has 0 spiro atoms. The number of carbonyl (C=O) groups is 2. The number of unbranched alkanes of at least 4 members (excludes halogenated alkanes) is 12. The third kappa shape index (κ3) is 17.9. The fourth-order valence-corrected chi connectivity index (χ4v) is 3.08. The first-order chi connectivity index (χ1) is 12.6. The Bertz CT molecular complexity index is 341. The molecule has 0 aromatic rings. The first kappa shape index (κ1) is 25.1. The van der Waals surface area contributed by atoms with E-state index in [0.29, 0.717) is 6.42 Å². The van der Waals surface area contributed by atoms with Gasteiger partial charge in [-0.1, -0.05) is 97.3 Å². The fourth-order valence-electron chi connectivity index (χ4n) is 3.08. The van der Waals surface area contributed by atoms with Gasteiger partial charge >= 0.3 is 11.9 Å². The Balaban J connectivity index is 3.44. The first-order valence-electron chi connectivity index (χ1n) is 11.0. The lowest BCUT2D eigenvalue weighted by molar-refractivity contribution is -0.161. The zero-order valence-corrected chi connectivity index (χ0v) is 17.3. The minimum absolute atomic E-state index is 0.0721. The molecule has 0 aromatic carbocycles.